The van der Waals surface area contributed by atoms with E-state index in [1.165, 1.54) is 24.2 Å². The first-order valence-electron chi connectivity index (χ1n) is 9.29. The second-order valence-corrected chi connectivity index (χ2v) is 6.69. The van der Waals surface area contributed by atoms with Crippen LogP contribution in [0.3, 0.4) is 0 Å². The first kappa shape index (κ1) is 21.4. The van der Waals surface area contributed by atoms with Crippen molar-refractivity contribution in [1.29, 1.82) is 0 Å². The number of rotatable bonds is 4. The van der Waals surface area contributed by atoms with Gasteiger partial charge >= 0.3 is 12.3 Å². The Morgan fingerprint density at radius 1 is 1.10 bits per heavy atom. The van der Waals surface area contributed by atoms with Gasteiger partial charge in [-0.25, -0.2) is 9.78 Å². The molecule has 30 heavy (non-hydrogen) atoms. The number of anilines is 1. The molecule has 1 aliphatic rings. The monoisotopic (exact) mass is 422 g/mol. The summed E-state index contributed by atoms with van der Waals surface area (Å²) in [5, 5.41) is 2.37. The summed E-state index contributed by atoms with van der Waals surface area (Å²) in [4.78, 5) is 31.0. The van der Waals surface area contributed by atoms with Crippen LogP contribution >= 0.6 is 0 Å². The number of hydrogen-bond donors (Lipinski definition) is 1. The van der Waals surface area contributed by atoms with Gasteiger partial charge < -0.3 is 19.9 Å². The fraction of sp³-hybridized carbons (Fsp3) is 0.350. The van der Waals surface area contributed by atoms with Crippen LogP contribution in [0.15, 0.2) is 42.6 Å². The van der Waals surface area contributed by atoms with Gasteiger partial charge in [0, 0.05) is 45.0 Å². The largest absolute Gasteiger partial charge is 0.439 e. The Labute approximate surface area is 171 Å². The van der Waals surface area contributed by atoms with Crippen molar-refractivity contribution in [2.75, 3.05) is 44.7 Å². The Hall–Kier alpha value is -3.30. The second kappa shape index (κ2) is 9.02. The quantitative estimate of drug-likeness (QED) is 0.820. The number of piperazine rings is 1. The zero-order valence-corrected chi connectivity index (χ0v) is 16.3. The Kier molecular flexibility index (Phi) is 6.43. The van der Waals surface area contributed by atoms with Crippen molar-refractivity contribution in [1.82, 2.24) is 15.2 Å². The number of nitrogens with one attached hydrogen (secondary N) is 1. The molecule has 2 amide bonds. The van der Waals surface area contributed by atoms with Crippen molar-refractivity contribution in [2.24, 2.45) is 0 Å². The molecule has 0 spiro atoms. The lowest BCUT2D eigenvalue weighted by Crippen LogP contribution is -2.49. The minimum absolute atomic E-state index is 0.325. The number of hydrogen-bond acceptors (Lipinski definition) is 5. The fourth-order valence-electron chi connectivity index (χ4n) is 3.03. The molecule has 1 saturated heterocycles. The van der Waals surface area contributed by atoms with Crippen molar-refractivity contribution in [3.8, 4) is 11.1 Å². The van der Waals surface area contributed by atoms with Crippen LogP contribution < -0.4 is 10.2 Å². The average molecular weight is 422 g/mol. The van der Waals surface area contributed by atoms with Crippen LogP contribution in [-0.4, -0.2) is 61.7 Å². The molecule has 1 N–H and O–H groups in total. The molecule has 0 atom stereocenters. The van der Waals surface area contributed by atoms with E-state index in [1.807, 2.05) is 4.90 Å². The lowest BCUT2D eigenvalue weighted by Gasteiger charge is -2.34. The summed E-state index contributed by atoms with van der Waals surface area (Å²) in [7, 11) is 1.46. The highest BCUT2D eigenvalue weighted by Gasteiger charge is 2.30. The number of nitrogens with zero attached hydrogens (tertiary/aromatic N) is 3. The number of halogens is 3. The summed E-state index contributed by atoms with van der Waals surface area (Å²) < 4.78 is 43.7. The number of benzene rings is 1. The molecule has 1 aromatic carbocycles. The molecule has 3 rings (SSSR count). The van der Waals surface area contributed by atoms with Crippen molar-refractivity contribution in [3.05, 3.63) is 48.2 Å². The summed E-state index contributed by atoms with van der Waals surface area (Å²) in [6.45, 7) is 1.53. The SMILES string of the molecule is CNC(=O)COC(=O)N1CCN(c2ccc(-c3cccc(C(F)(F)F)c3)cn2)CC1. The standard InChI is InChI=1S/C20H21F3N4O3/c1-24-18(28)13-30-19(29)27-9-7-26(8-10-27)17-6-5-15(12-25-17)14-3-2-4-16(11-14)20(21,22)23/h2-6,11-12H,7-10,13H2,1H3,(H,24,28). The normalized spacial score (nSPS) is 14.4. The van der Waals surface area contributed by atoms with Crippen molar-refractivity contribution in [3.63, 3.8) is 0 Å². The molecular weight excluding hydrogens is 401 g/mol. The fourth-order valence-corrected chi connectivity index (χ4v) is 3.03. The second-order valence-electron chi connectivity index (χ2n) is 6.69. The van der Waals surface area contributed by atoms with Crippen LogP contribution in [0, 0.1) is 0 Å². The highest BCUT2D eigenvalue weighted by molar-refractivity contribution is 5.79. The predicted molar refractivity (Wildman–Crippen MR) is 104 cm³/mol. The highest BCUT2D eigenvalue weighted by Crippen LogP contribution is 2.32. The van der Waals surface area contributed by atoms with Gasteiger partial charge in [0.05, 0.1) is 5.56 Å². The summed E-state index contributed by atoms with van der Waals surface area (Å²) in [6, 6.07) is 8.57. The first-order valence-corrected chi connectivity index (χ1v) is 9.29. The van der Waals surface area contributed by atoms with E-state index in [-0.39, 0.29) is 12.5 Å². The van der Waals surface area contributed by atoms with Gasteiger partial charge in [-0.2, -0.15) is 13.2 Å². The van der Waals surface area contributed by atoms with E-state index < -0.39 is 17.8 Å². The Balaban J connectivity index is 1.59. The topological polar surface area (TPSA) is 74.8 Å². The Bertz CT molecular complexity index is 895. The van der Waals surface area contributed by atoms with E-state index >= 15 is 0 Å². The Morgan fingerprint density at radius 2 is 1.83 bits per heavy atom. The Morgan fingerprint density at radius 3 is 2.43 bits per heavy atom. The predicted octanol–water partition coefficient (Wildman–Crippen LogP) is 2.77. The number of carbonyl (C=O) groups excluding carboxylic acids is 2. The highest BCUT2D eigenvalue weighted by atomic mass is 19.4. The molecule has 0 saturated carbocycles. The van der Waals surface area contributed by atoms with Gasteiger partial charge in [0.15, 0.2) is 6.61 Å². The summed E-state index contributed by atoms with van der Waals surface area (Å²) in [5.41, 5.74) is 0.317. The molecule has 7 nitrogen and oxygen atoms in total. The molecule has 2 heterocycles. The molecule has 0 bridgehead atoms. The molecule has 1 fully saturated rings. The summed E-state index contributed by atoms with van der Waals surface area (Å²) in [5.74, 6) is 0.288. The smallest absolute Gasteiger partial charge is 0.416 e. The zero-order chi connectivity index (χ0) is 21.7. The van der Waals surface area contributed by atoms with Crippen molar-refractivity contribution >= 4 is 17.8 Å². The number of amides is 2. The molecule has 0 aliphatic carbocycles. The first-order chi connectivity index (χ1) is 14.3. The maximum absolute atomic E-state index is 12.9. The lowest BCUT2D eigenvalue weighted by molar-refractivity contribution is -0.137. The van der Waals surface area contributed by atoms with Gasteiger partial charge in [-0.1, -0.05) is 12.1 Å². The number of alkyl halides is 3. The minimum Gasteiger partial charge on any atom is -0.439 e. The lowest BCUT2D eigenvalue weighted by atomic mass is 10.0. The molecular formula is C20H21F3N4O3. The van der Waals surface area contributed by atoms with Crippen LogP contribution in [0.1, 0.15) is 5.56 Å². The third kappa shape index (κ3) is 5.19. The molecule has 10 heteroatoms. The average Bonchev–Trinajstić information content (AvgIpc) is 2.77. The van der Waals surface area contributed by atoms with Crippen LogP contribution in [0.2, 0.25) is 0 Å². The van der Waals surface area contributed by atoms with Crippen LogP contribution in [0.4, 0.5) is 23.8 Å². The van der Waals surface area contributed by atoms with Gasteiger partial charge in [0.25, 0.3) is 5.91 Å². The van der Waals surface area contributed by atoms with E-state index in [0.717, 1.165) is 12.1 Å². The van der Waals surface area contributed by atoms with Crippen LogP contribution in [0.25, 0.3) is 11.1 Å². The number of carbonyl (C=O) groups is 2. The van der Waals surface area contributed by atoms with Crippen LogP contribution in [-0.2, 0) is 15.7 Å². The molecule has 0 radical (unpaired) electrons. The van der Waals surface area contributed by atoms with Crippen molar-refractivity contribution < 1.29 is 27.5 Å². The third-order valence-corrected chi connectivity index (χ3v) is 4.74. The van der Waals surface area contributed by atoms with E-state index in [2.05, 4.69) is 10.3 Å². The van der Waals surface area contributed by atoms with E-state index in [9.17, 15) is 22.8 Å². The maximum Gasteiger partial charge on any atom is 0.416 e. The van der Waals surface area contributed by atoms with E-state index in [1.54, 1.807) is 18.2 Å². The van der Waals surface area contributed by atoms with Crippen molar-refractivity contribution in [2.45, 2.75) is 6.18 Å². The van der Waals surface area contributed by atoms with Gasteiger partial charge in [-0.05, 0) is 29.8 Å². The number of aromatic nitrogens is 1. The molecule has 0 unspecified atom stereocenters. The molecule has 1 aromatic heterocycles. The maximum atomic E-state index is 12.9. The van der Waals surface area contributed by atoms with Gasteiger partial charge in [-0.15, -0.1) is 0 Å². The summed E-state index contributed by atoms with van der Waals surface area (Å²) >= 11 is 0. The van der Waals surface area contributed by atoms with E-state index in [0.29, 0.717) is 43.1 Å². The molecule has 2 aromatic rings. The number of ether oxygens (including phenoxy) is 1. The van der Waals surface area contributed by atoms with E-state index in [4.69, 9.17) is 4.74 Å². The zero-order valence-electron chi connectivity index (χ0n) is 16.3. The minimum atomic E-state index is -4.40. The van der Waals surface area contributed by atoms with Gasteiger partial charge in [-0.3, -0.25) is 4.79 Å². The number of pyridine rings is 1. The van der Waals surface area contributed by atoms with Gasteiger partial charge in [0.2, 0.25) is 0 Å². The van der Waals surface area contributed by atoms with Crippen LogP contribution in [0.5, 0.6) is 0 Å². The van der Waals surface area contributed by atoms with Gasteiger partial charge in [0.1, 0.15) is 5.82 Å². The molecule has 1 aliphatic heterocycles. The molecule has 160 valence electrons. The third-order valence-electron chi connectivity index (χ3n) is 4.74. The number of likely N-dealkylation sites (N-methyl/N-ethyl adjacent to an activating group) is 1. The summed E-state index contributed by atoms with van der Waals surface area (Å²) in [6.07, 6.45) is -3.41.